The fourth-order valence-corrected chi connectivity index (χ4v) is 3.47. The maximum Gasteiger partial charge on any atom is 0.317 e. The first-order chi connectivity index (χ1) is 10.1. The number of urea groups is 1. The second-order valence-electron chi connectivity index (χ2n) is 6.63. The number of nitrogens with one attached hydrogen (secondary N) is 1. The number of piperidine rings is 2. The van der Waals surface area contributed by atoms with E-state index < -0.39 is 0 Å². The first-order valence-electron chi connectivity index (χ1n) is 8.56. The molecule has 2 fully saturated rings. The van der Waals surface area contributed by atoms with Gasteiger partial charge in [-0.05, 0) is 51.5 Å². The van der Waals surface area contributed by atoms with E-state index in [1.165, 1.54) is 13.0 Å². The minimum atomic E-state index is -0.252. The SMILES string of the molecule is CCCN1CCC(NC(=O)N2CCC(C(C)O)CC2)CC1. The molecule has 1 atom stereocenters. The lowest BCUT2D eigenvalue weighted by Crippen LogP contribution is -2.51. The Balaban J connectivity index is 1.68. The molecule has 0 aromatic carbocycles. The Kier molecular flexibility index (Phi) is 6.30. The van der Waals surface area contributed by atoms with Gasteiger partial charge < -0.3 is 20.2 Å². The van der Waals surface area contributed by atoms with E-state index in [0.717, 1.165) is 51.9 Å². The highest BCUT2D eigenvalue weighted by molar-refractivity contribution is 5.74. The van der Waals surface area contributed by atoms with E-state index in [-0.39, 0.29) is 12.1 Å². The Labute approximate surface area is 128 Å². The van der Waals surface area contributed by atoms with Crippen LogP contribution in [0.4, 0.5) is 4.79 Å². The molecule has 0 radical (unpaired) electrons. The van der Waals surface area contributed by atoms with Gasteiger partial charge in [0.25, 0.3) is 0 Å². The minimum absolute atomic E-state index is 0.0907. The second kappa shape index (κ2) is 7.99. The van der Waals surface area contributed by atoms with Crippen LogP contribution < -0.4 is 5.32 Å². The molecule has 0 bridgehead atoms. The summed E-state index contributed by atoms with van der Waals surface area (Å²) in [6.45, 7) is 8.99. The average molecular weight is 297 g/mol. The molecule has 2 N–H and O–H groups in total. The van der Waals surface area contributed by atoms with Crippen molar-refractivity contribution in [3.8, 4) is 0 Å². The van der Waals surface area contributed by atoms with Crippen molar-refractivity contribution in [2.75, 3.05) is 32.7 Å². The highest BCUT2D eigenvalue weighted by Crippen LogP contribution is 2.20. The van der Waals surface area contributed by atoms with E-state index >= 15 is 0 Å². The molecule has 2 amide bonds. The highest BCUT2D eigenvalue weighted by Gasteiger charge is 2.27. The van der Waals surface area contributed by atoms with Crippen LogP contribution in [0.3, 0.4) is 0 Å². The van der Waals surface area contributed by atoms with Gasteiger partial charge in [0.05, 0.1) is 6.10 Å². The van der Waals surface area contributed by atoms with Crippen molar-refractivity contribution < 1.29 is 9.90 Å². The molecule has 0 aromatic heterocycles. The van der Waals surface area contributed by atoms with Gasteiger partial charge in [0.2, 0.25) is 0 Å². The van der Waals surface area contributed by atoms with Crippen LogP contribution in [0.1, 0.15) is 46.0 Å². The van der Waals surface area contributed by atoms with E-state index in [1.807, 2.05) is 11.8 Å². The number of nitrogens with zero attached hydrogens (tertiary/aromatic N) is 2. The molecule has 21 heavy (non-hydrogen) atoms. The molecule has 0 aromatic rings. The molecule has 2 heterocycles. The Morgan fingerprint density at radius 2 is 1.81 bits per heavy atom. The molecule has 0 spiro atoms. The predicted molar refractivity (Wildman–Crippen MR) is 84.3 cm³/mol. The summed E-state index contributed by atoms with van der Waals surface area (Å²) < 4.78 is 0. The normalized spacial score (nSPS) is 24.0. The Bertz CT molecular complexity index is 319. The summed E-state index contributed by atoms with van der Waals surface area (Å²) in [7, 11) is 0. The number of aliphatic hydroxyl groups is 1. The molecule has 2 aliphatic heterocycles. The topological polar surface area (TPSA) is 55.8 Å². The van der Waals surface area contributed by atoms with Crippen molar-refractivity contribution in [3.63, 3.8) is 0 Å². The quantitative estimate of drug-likeness (QED) is 0.830. The first-order valence-corrected chi connectivity index (χ1v) is 8.56. The summed E-state index contributed by atoms with van der Waals surface area (Å²) in [5.74, 6) is 0.353. The Morgan fingerprint density at radius 1 is 1.19 bits per heavy atom. The number of hydrogen-bond donors (Lipinski definition) is 2. The zero-order chi connectivity index (χ0) is 15.2. The Hall–Kier alpha value is -0.810. The largest absolute Gasteiger partial charge is 0.393 e. The molecule has 1 unspecified atom stereocenters. The standard InChI is InChI=1S/C16H31N3O2/c1-3-8-18-9-6-15(7-10-18)17-16(21)19-11-4-14(5-12-19)13(2)20/h13-15,20H,3-12H2,1-2H3,(H,17,21). The van der Waals surface area contributed by atoms with Gasteiger partial charge in [0, 0.05) is 32.2 Å². The van der Waals surface area contributed by atoms with Gasteiger partial charge in [0.1, 0.15) is 0 Å². The first kappa shape index (κ1) is 16.6. The molecule has 122 valence electrons. The van der Waals surface area contributed by atoms with Gasteiger partial charge in [-0.1, -0.05) is 6.92 Å². The molecule has 0 saturated carbocycles. The Morgan fingerprint density at radius 3 is 2.33 bits per heavy atom. The summed E-state index contributed by atoms with van der Waals surface area (Å²) >= 11 is 0. The van der Waals surface area contributed by atoms with Gasteiger partial charge in [-0.3, -0.25) is 0 Å². The van der Waals surface area contributed by atoms with Gasteiger partial charge in [-0.2, -0.15) is 0 Å². The highest BCUT2D eigenvalue weighted by atomic mass is 16.3. The lowest BCUT2D eigenvalue weighted by atomic mass is 9.92. The molecule has 2 aliphatic rings. The third kappa shape index (κ3) is 4.85. The number of rotatable bonds is 4. The fraction of sp³-hybridized carbons (Fsp3) is 0.938. The van der Waals surface area contributed by atoms with E-state index in [0.29, 0.717) is 12.0 Å². The van der Waals surface area contributed by atoms with Gasteiger partial charge in [0.15, 0.2) is 0 Å². The summed E-state index contributed by atoms with van der Waals surface area (Å²) in [6.07, 6.45) is 4.92. The minimum Gasteiger partial charge on any atom is -0.393 e. The number of likely N-dealkylation sites (tertiary alicyclic amines) is 2. The molecule has 5 nitrogen and oxygen atoms in total. The van der Waals surface area contributed by atoms with E-state index in [2.05, 4.69) is 17.1 Å². The number of hydrogen-bond acceptors (Lipinski definition) is 3. The van der Waals surface area contributed by atoms with Crippen molar-refractivity contribution in [2.24, 2.45) is 5.92 Å². The smallest absolute Gasteiger partial charge is 0.317 e. The van der Waals surface area contributed by atoms with Crippen LogP contribution in [0, 0.1) is 5.92 Å². The van der Waals surface area contributed by atoms with Crippen LogP contribution in [0.5, 0.6) is 0 Å². The van der Waals surface area contributed by atoms with Crippen LogP contribution in [0.25, 0.3) is 0 Å². The van der Waals surface area contributed by atoms with Crippen molar-refractivity contribution in [2.45, 2.75) is 58.1 Å². The summed E-state index contributed by atoms with van der Waals surface area (Å²) in [5.41, 5.74) is 0. The van der Waals surface area contributed by atoms with E-state index in [1.54, 1.807) is 0 Å². The predicted octanol–water partition coefficient (Wildman–Crippen LogP) is 1.66. The summed E-state index contributed by atoms with van der Waals surface area (Å²) in [5, 5.41) is 12.8. The number of carbonyl (C=O) groups excluding carboxylic acids is 1. The van der Waals surface area contributed by atoms with Crippen molar-refractivity contribution in [3.05, 3.63) is 0 Å². The number of amides is 2. The maximum atomic E-state index is 12.3. The van der Waals surface area contributed by atoms with Crippen LogP contribution in [0.2, 0.25) is 0 Å². The van der Waals surface area contributed by atoms with E-state index in [4.69, 9.17) is 0 Å². The van der Waals surface area contributed by atoms with Crippen LogP contribution in [-0.4, -0.2) is 65.8 Å². The zero-order valence-corrected chi connectivity index (χ0v) is 13.6. The molecule has 5 heteroatoms. The maximum absolute atomic E-state index is 12.3. The van der Waals surface area contributed by atoms with Crippen LogP contribution >= 0.6 is 0 Å². The fourth-order valence-electron chi connectivity index (χ4n) is 3.47. The van der Waals surface area contributed by atoms with Gasteiger partial charge in [-0.25, -0.2) is 4.79 Å². The van der Waals surface area contributed by atoms with Crippen molar-refractivity contribution in [1.29, 1.82) is 0 Å². The van der Waals surface area contributed by atoms with Gasteiger partial charge in [-0.15, -0.1) is 0 Å². The van der Waals surface area contributed by atoms with Crippen molar-refractivity contribution in [1.82, 2.24) is 15.1 Å². The lowest BCUT2D eigenvalue weighted by molar-refractivity contribution is 0.0785. The molecular weight excluding hydrogens is 266 g/mol. The number of carbonyl (C=O) groups is 1. The average Bonchev–Trinajstić information content (AvgIpc) is 2.49. The zero-order valence-electron chi connectivity index (χ0n) is 13.6. The molecule has 2 rings (SSSR count). The van der Waals surface area contributed by atoms with E-state index in [9.17, 15) is 9.90 Å². The summed E-state index contributed by atoms with van der Waals surface area (Å²) in [4.78, 5) is 16.7. The van der Waals surface area contributed by atoms with Gasteiger partial charge >= 0.3 is 6.03 Å². The summed E-state index contributed by atoms with van der Waals surface area (Å²) in [6, 6.07) is 0.424. The molecule has 0 aliphatic carbocycles. The monoisotopic (exact) mass is 297 g/mol. The second-order valence-corrected chi connectivity index (χ2v) is 6.63. The lowest BCUT2D eigenvalue weighted by Gasteiger charge is -2.36. The van der Waals surface area contributed by atoms with Crippen molar-refractivity contribution >= 4 is 6.03 Å². The van der Waals surface area contributed by atoms with Crippen LogP contribution in [0.15, 0.2) is 0 Å². The number of aliphatic hydroxyl groups excluding tert-OH is 1. The molecule has 2 saturated heterocycles. The third-order valence-electron chi connectivity index (χ3n) is 4.96. The third-order valence-corrected chi connectivity index (χ3v) is 4.96. The molecular formula is C16H31N3O2. The van der Waals surface area contributed by atoms with Crippen LogP contribution in [-0.2, 0) is 0 Å².